The number of aliphatic hydroxyl groups is 1. The Balaban J connectivity index is 1.54. The summed E-state index contributed by atoms with van der Waals surface area (Å²) in [6, 6.07) is 12.7. The summed E-state index contributed by atoms with van der Waals surface area (Å²) in [7, 11) is 1.71. The zero-order valence-corrected chi connectivity index (χ0v) is 31.7. The van der Waals surface area contributed by atoms with Crippen LogP contribution in [0.3, 0.4) is 0 Å². The number of rotatable bonds is 6. The molecule has 6 rings (SSSR count). The van der Waals surface area contributed by atoms with Gasteiger partial charge in [-0.05, 0) is 61.9 Å². The smallest absolute Gasteiger partial charge is 0.313 e. The molecule has 2 saturated heterocycles. The highest BCUT2D eigenvalue weighted by atomic mass is 79.9. The number of aryl methyl sites for hydroxylation is 2. The van der Waals surface area contributed by atoms with Gasteiger partial charge in [0.15, 0.2) is 0 Å². The average molecular weight is 763 g/mol. The third-order valence-corrected chi connectivity index (χ3v) is 12.1. The molecule has 272 valence electrons. The topological polar surface area (TPSA) is 117 Å². The number of likely N-dealkylation sites (N-methyl/N-ethyl adjacent to an activating group) is 1. The fourth-order valence-corrected chi connectivity index (χ4v) is 8.98. The van der Waals surface area contributed by atoms with Gasteiger partial charge in [0.1, 0.15) is 29.8 Å². The molecule has 10 nitrogen and oxygen atoms in total. The summed E-state index contributed by atoms with van der Waals surface area (Å²) in [4.78, 5) is 63.2. The summed E-state index contributed by atoms with van der Waals surface area (Å²) in [6.45, 7) is 9.47. The van der Waals surface area contributed by atoms with E-state index in [-0.39, 0.29) is 37.3 Å². The predicted octanol–water partition coefficient (Wildman–Crippen LogP) is 5.40. The minimum Gasteiger partial charge on any atom is -0.455 e. The lowest BCUT2D eigenvalue weighted by molar-refractivity contribution is -0.164. The quantitative estimate of drug-likeness (QED) is 0.310. The van der Waals surface area contributed by atoms with Crippen molar-refractivity contribution in [2.24, 2.45) is 17.8 Å². The van der Waals surface area contributed by atoms with Crippen molar-refractivity contribution < 1.29 is 33.8 Å². The normalized spacial score (nSPS) is 31.8. The number of amides is 3. The van der Waals surface area contributed by atoms with Crippen LogP contribution < -0.4 is 4.90 Å². The van der Waals surface area contributed by atoms with Crippen LogP contribution in [-0.2, 0) is 28.7 Å². The lowest BCUT2D eigenvalue weighted by atomic mass is 9.74. The van der Waals surface area contributed by atoms with Crippen LogP contribution in [0.25, 0.3) is 0 Å². The number of halogens is 1. The number of allylic oxidation sites excluding steroid dienone is 1. The first kappa shape index (κ1) is 37.0. The molecule has 4 aliphatic heterocycles. The number of likely N-dealkylation sites (tertiary alicyclic amines) is 1. The highest BCUT2D eigenvalue weighted by Crippen LogP contribution is 2.60. The number of fused-ring (bicyclic) bond motifs is 2. The van der Waals surface area contributed by atoms with Crippen molar-refractivity contribution in [3.8, 4) is 0 Å². The molecule has 11 heteroatoms. The van der Waals surface area contributed by atoms with E-state index in [0.717, 1.165) is 11.1 Å². The van der Waals surface area contributed by atoms with Crippen LogP contribution >= 0.6 is 15.9 Å². The molecule has 1 N–H and O–H groups in total. The Labute approximate surface area is 308 Å². The van der Waals surface area contributed by atoms with Crippen molar-refractivity contribution >= 4 is 45.3 Å². The van der Waals surface area contributed by atoms with E-state index in [1.165, 1.54) is 4.90 Å². The van der Waals surface area contributed by atoms with Crippen LogP contribution in [0.1, 0.15) is 62.8 Å². The van der Waals surface area contributed by atoms with Crippen molar-refractivity contribution in [1.82, 2.24) is 9.80 Å². The van der Waals surface area contributed by atoms with Gasteiger partial charge in [-0.2, -0.15) is 0 Å². The zero-order chi connectivity index (χ0) is 36.8. The molecular weight excluding hydrogens is 714 g/mol. The van der Waals surface area contributed by atoms with E-state index in [4.69, 9.17) is 9.47 Å². The van der Waals surface area contributed by atoms with Gasteiger partial charge >= 0.3 is 5.97 Å². The number of benzene rings is 2. The minimum absolute atomic E-state index is 0.117. The standard InChI is InChI=1S/C40H48BrN3O7/c1-7-24(3)30(22-45)44-36-38(48)43(29-20-23(2)17-18-25(29)4)19-13-9-12-16-31(46)42(6)26(5)34(27-14-10-8-11-15-27)50-39(49)32-33(37(44)47)40(36)21-28(41)35(32)51-40/h8-11,13-15,17-18,20-21,24,26,30,32-36,45H,7,12,16,19,22H2,1-6H3/b13-9-/t24-,26-,30-,32+,33-,34+,35+,36+,40-/m0/s1. The van der Waals surface area contributed by atoms with E-state index in [1.807, 2.05) is 95.3 Å². The van der Waals surface area contributed by atoms with Crippen LogP contribution in [0.2, 0.25) is 0 Å². The van der Waals surface area contributed by atoms with Gasteiger partial charge in [-0.15, -0.1) is 0 Å². The number of ether oxygens (including phenoxy) is 2. The molecular formula is C40H48BrN3O7. The first-order valence-corrected chi connectivity index (χ1v) is 18.7. The fraction of sp³-hybridized carbons (Fsp3) is 0.500. The van der Waals surface area contributed by atoms with E-state index >= 15 is 4.79 Å². The lowest BCUT2D eigenvalue weighted by Crippen LogP contribution is -2.59. The molecule has 3 amide bonds. The van der Waals surface area contributed by atoms with E-state index in [1.54, 1.807) is 22.9 Å². The van der Waals surface area contributed by atoms with Crippen LogP contribution in [-0.4, -0.2) is 88.6 Å². The number of esters is 1. The van der Waals surface area contributed by atoms with Crippen LogP contribution in [0.4, 0.5) is 5.69 Å². The number of nitrogens with zero attached hydrogens (tertiary/aromatic N) is 3. The maximum absolute atomic E-state index is 15.4. The Morgan fingerprint density at radius 1 is 1.02 bits per heavy atom. The number of cyclic esters (lactones) is 1. The van der Waals surface area contributed by atoms with E-state index in [9.17, 15) is 19.5 Å². The Bertz CT molecular complexity index is 1750. The SMILES string of the molecule is CC[C@H](C)[C@H](CO)N1C(=O)[C@@H]2[C@H]3C(=O)O[C@@H](c4ccccc4)[C@H](C)N(C)C(=O)CC/C=C\CN(c4cc(C)ccc4C)C(=O)[C@@H]1[C@]21C=C(Br)[C@H]3O1. The van der Waals surface area contributed by atoms with Crippen LogP contribution in [0.15, 0.2) is 71.2 Å². The third kappa shape index (κ3) is 6.35. The molecule has 4 aliphatic rings. The Kier molecular flexibility index (Phi) is 10.6. The Hall–Kier alpha value is -3.80. The molecule has 2 aromatic carbocycles. The van der Waals surface area contributed by atoms with E-state index < -0.39 is 59.6 Å². The maximum Gasteiger partial charge on any atom is 0.313 e. The monoisotopic (exact) mass is 761 g/mol. The summed E-state index contributed by atoms with van der Waals surface area (Å²) >= 11 is 3.64. The van der Waals surface area contributed by atoms with Crippen molar-refractivity contribution in [3.63, 3.8) is 0 Å². The molecule has 0 radical (unpaired) electrons. The highest BCUT2D eigenvalue weighted by Gasteiger charge is 2.75. The second-order valence-electron chi connectivity index (χ2n) is 14.5. The number of anilines is 1. The molecule has 1 spiro atoms. The van der Waals surface area contributed by atoms with E-state index in [0.29, 0.717) is 28.6 Å². The third-order valence-electron chi connectivity index (χ3n) is 11.4. The summed E-state index contributed by atoms with van der Waals surface area (Å²) in [5, 5.41) is 10.8. The van der Waals surface area contributed by atoms with Gasteiger partial charge in [0.2, 0.25) is 11.8 Å². The molecule has 4 heterocycles. The largest absolute Gasteiger partial charge is 0.455 e. The molecule has 0 aromatic heterocycles. The highest BCUT2D eigenvalue weighted by molar-refractivity contribution is 9.11. The molecule has 2 fully saturated rings. The summed E-state index contributed by atoms with van der Waals surface area (Å²) in [5.41, 5.74) is 1.71. The Morgan fingerprint density at radius 2 is 1.75 bits per heavy atom. The number of aliphatic hydroxyl groups excluding tert-OH is 1. The summed E-state index contributed by atoms with van der Waals surface area (Å²) in [5.74, 6) is -3.91. The van der Waals surface area contributed by atoms with Gasteiger partial charge < -0.3 is 29.3 Å². The predicted molar refractivity (Wildman–Crippen MR) is 197 cm³/mol. The number of hydrogen-bond acceptors (Lipinski definition) is 7. The molecule has 51 heavy (non-hydrogen) atoms. The molecule has 0 saturated carbocycles. The van der Waals surface area contributed by atoms with Crippen molar-refractivity contribution in [3.05, 3.63) is 87.9 Å². The van der Waals surface area contributed by atoms with Gasteiger partial charge in [0.05, 0.1) is 24.6 Å². The average Bonchev–Trinajstić information content (AvgIpc) is 3.72. The van der Waals surface area contributed by atoms with Gasteiger partial charge in [0.25, 0.3) is 5.91 Å². The van der Waals surface area contributed by atoms with Crippen LogP contribution in [0, 0.1) is 31.6 Å². The molecule has 0 unspecified atom stereocenters. The van der Waals surface area contributed by atoms with E-state index in [2.05, 4.69) is 15.9 Å². The second-order valence-corrected chi connectivity index (χ2v) is 15.4. The van der Waals surface area contributed by atoms with Crippen molar-refractivity contribution in [1.29, 1.82) is 0 Å². The van der Waals surface area contributed by atoms with Gasteiger partial charge in [-0.1, -0.05) is 90.8 Å². The molecule has 2 aromatic rings. The van der Waals surface area contributed by atoms with Crippen molar-refractivity contribution in [2.75, 3.05) is 25.1 Å². The summed E-state index contributed by atoms with van der Waals surface area (Å²) < 4.78 is 13.7. The maximum atomic E-state index is 15.4. The molecule has 9 atom stereocenters. The molecule has 0 aliphatic carbocycles. The first-order valence-electron chi connectivity index (χ1n) is 17.9. The number of carbonyl (C=O) groups excluding carboxylic acids is 4. The second kappa shape index (κ2) is 14.7. The summed E-state index contributed by atoms with van der Waals surface area (Å²) in [6.07, 6.45) is 5.16. The Morgan fingerprint density at radius 3 is 2.43 bits per heavy atom. The van der Waals surface area contributed by atoms with Gasteiger partial charge in [-0.3, -0.25) is 19.2 Å². The number of hydrogen-bond donors (Lipinski definition) is 1. The zero-order valence-electron chi connectivity index (χ0n) is 30.1. The fourth-order valence-electron chi connectivity index (χ4n) is 8.24. The minimum atomic E-state index is -1.50. The van der Waals surface area contributed by atoms with Crippen molar-refractivity contribution in [2.45, 2.75) is 89.8 Å². The lowest BCUT2D eigenvalue weighted by Gasteiger charge is -2.40. The first-order chi connectivity index (χ1) is 24.4. The molecule has 5 bridgehead atoms. The van der Waals surface area contributed by atoms with Gasteiger partial charge in [-0.25, -0.2) is 0 Å². The van der Waals surface area contributed by atoms with Crippen LogP contribution in [0.5, 0.6) is 0 Å². The number of carbonyl (C=O) groups is 4. The van der Waals surface area contributed by atoms with Gasteiger partial charge in [0, 0.05) is 30.2 Å².